The van der Waals surface area contributed by atoms with Gasteiger partial charge in [-0.25, -0.2) is 4.68 Å². The van der Waals surface area contributed by atoms with Crippen LogP contribution in [0.4, 0.5) is 5.69 Å². The number of hydrogen-bond donors (Lipinski definition) is 1. The summed E-state index contributed by atoms with van der Waals surface area (Å²) in [7, 11) is 0. The van der Waals surface area contributed by atoms with E-state index in [1.54, 1.807) is 37.5 Å². The van der Waals surface area contributed by atoms with Crippen LogP contribution in [0.2, 0.25) is 0 Å². The minimum atomic E-state index is -0.670. The van der Waals surface area contributed by atoms with Gasteiger partial charge < -0.3 is 5.32 Å². The third-order valence-electron chi connectivity index (χ3n) is 3.52. The van der Waals surface area contributed by atoms with Crippen LogP contribution in [0, 0.1) is 0 Å². The highest BCUT2D eigenvalue weighted by atomic mass is 16.2. The van der Waals surface area contributed by atoms with E-state index in [0.29, 0.717) is 11.6 Å². The summed E-state index contributed by atoms with van der Waals surface area (Å²) in [6.07, 6.45) is 5.38. The Bertz CT molecular complexity index is 707. The molecule has 1 amide bonds. The molecule has 1 aliphatic rings. The van der Waals surface area contributed by atoms with Crippen molar-refractivity contribution >= 4 is 11.6 Å². The summed E-state index contributed by atoms with van der Waals surface area (Å²) >= 11 is 0. The molecule has 0 bridgehead atoms. The van der Waals surface area contributed by atoms with Crippen LogP contribution in [0.25, 0.3) is 0 Å². The number of rotatable bonds is 4. The number of hydrogen-bond acceptors (Lipinski definition) is 4. The molecule has 1 atom stereocenters. The van der Waals surface area contributed by atoms with Crippen molar-refractivity contribution in [2.75, 3.05) is 5.32 Å². The Balaban J connectivity index is 1.81. The Hall–Kier alpha value is -2.50. The normalized spacial score (nSPS) is 15.5. The third kappa shape index (κ3) is 2.99. The highest BCUT2D eigenvalue weighted by Crippen LogP contribution is 2.38. The summed E-state index contributed by atoms with van der Waals surface area (Å²) in [5, 5.41) is 7.06. The lowest BCUT2D eigenvalue weighted by atomic mass is 10.2. The molecular formula is C15H16N4O2. The van der Waals surface area contributed by atoms with E-state index >= 15 is 0 Å². The molecular weight excluding hydrogens is 268 g/mol. The number of amides is 1. The van der Waals surface area contributed by atoms with E-state index in [1.807, 2.05) is 0 Å². The predicted molar refractivity (Wildman–Crippen MR) is 78.0 cm³/mol. The summed E-state index contributed by atoms with van der Waals surface area (Å²) in [6.45, 7) is 1.66. The van der Waals surface area contributed by atoms with Crippen LogP contribution in [0.15, 0.2) is 41.5 Å². The summed E-state index contributed by atoms with van der Waals surface area (Å²) in [4.78, 5) is 28.1. The quantitative estimate of drug-likeness (QED) is 0.927. The van der Waals surface area contributed by atoms with Gasteiger partial charge in [0, 0.05) is 18.2 Å². The number of carbonyl (C=O) groups excluding carboxylic acids is 1. The van der Waals surface area contributed by atoms with Gasteiger partial charge in [-0.2, -0.15) is 5.10 Å². The molecule has 2 aromatic heterocycles. The lowest BCUT2D eigenvalue weighted by molar-refractivity contribution is -0.119. The van der Waals surface area contributed by atoms with Gasteiger partial charge in [-0.15, -0.1) is 0 Å². The molecule has 1 N–H and O–H groups in total. The Labute approximate surface area is 121 Å². The molecule has 1 saturated carbocycles. The Morgan fingerprint density at radius 3 is 2.86 bits per heavy atom. The fourth-order valence-corrected chi connectivity index (χ4v) is 2.11. The molecule has 6 heteroatoms. The summed E-state index contributed by atoms with van der Waals surface area (Å²) in [5.41, 5.74) is 1.21. The van der Waals surface area contributed by atoms with E-state index in [9.17, 15) is 9.59 Å². The fourth-order valence-electron chi connectivity index (χ4n) is 2.11. The van der Waals surface area contributed by atoms with Crippen LogP contribution in [-0.4, -0.2) is 20.7 Å². The van der Waals surface area contributed by atoms with Crippen molar-refractivity contribution in [3.63, 3.8) is 0 Å². The van der Waals surface area contributed by atoms with Gasteiger partial charge in [-0.05, 0) is 38.0 Å². The van der Waals surface area contributed by atoms with Crippen molar-refractivity contribution < 1.29 is 4.79 Å². The standard InChI is InChI=1S/C15H16N4O2/c1-10(15(21)17-12-3-2-8-16-9-12)19-14(20)7-6-13(18-19)11-4-5-11/h2-3,6-11H,4-5H2,1H3,(H,17,21). The van der Waals surface area contributed by atoms with Crippen molar-refractivity contribution in [3.05, 3.63) is 52.7 Å². The van der Waals surface area contributed by atoms with Gasteiger partial charge in [-0.3, -0.25) is 14.6 Å². The van der Waals surface area contributed by atoms with Crippen LogP contribution in [-0.2, 0) is 4.79 Å². The van der Waals surface area contributed by atoms with Crippen molar-refractivity contribution in [2.24, 2.45) is 0 Å². The molecule has 1 unspecified atom stereocenters. The molecule has 0 radical (unpaired) electrons. The van der Waals surface area contributed by atoms with Gasteiger partial charge in [0.05, 0.1) is 17.6 Å². The van der Waals surface area contributed by atoms with Gasteiger partial charge >= 0.3 is 0 Å². The Kier molecular flexibility index (Phi) is 3.51. The van der Waals surface area contributed by atoms with Gasteiger partial charge in [0.1, 0.15) is 6.04 Å². The van der Waals surface area contributed by atoms with Gasteiger partial charge in [-0.1, -0.05) is 0 Å². The number of aromatic nitrogens is 3. The van der Waals surface area contributed by atoms with Crippen LogP contribution in [0.5, 0.6) is 0 Å². The average molecular weight is 284 g/mol. The van der Waals surface area contributed by atoms with E-state index in [-0.39, 0.29) is 11.5 Å². The second-order valence-electron chi connectivity index (χ2n) is 5.22. The molecule has 0 saturated heterocycles. The zero-order valence-corrected chi connectivity index (χ0v) is 11.7. The van der Waals surface area contributed by atoms with Crippen LogP contribution < -0.4 is 10.9 Å². The first-order valence-corrected chi connectivity index (χ1v) is 6.96. The average Bonchev–Trinajstić information content (AvgIpc) is 3.33. The van der Waals surface area contributed by atoms with Crippen LogP contribution >= 0.6 is 0 Å². The van der Waals surface area contributed by atoms with E-state index in [2.05, 4.69) is 15.4 Å². The topological polar surface area (TPSA) is 76.9 Å². The molecule has 0 aromatic carbocycles. The van der Waals surface area contributed by atoms with E-state index in [0.717, 1.165) is 18.5 Å². The summed E-state index contributed by atoms with van der Waals surface area (Å²) < 4.78 is 1.25. The monoisotopic (exact) mass is 284 g/mol. The maximum absolute atomic E-state index is 12.2. The van der Waals surface area contributed by atoms with Gasteiger partial charge in [0.15, 0.2) is 0 Å². The number of pyridine rings is 1. The summed E-state index contributed by atoms with van der Waals surface area (Å²) in [6, 6.07) is 6.04. The maximum atomic E-state index is 12.2. The molecule has 2 aromatic rings. The number of nitrogens with one attached hydrogen (secondary N) is 1. The smallest absolute Gasteiger partial charge is 0.267 e. The lowest BCUT2D eigenvalue weighted by Gasteiger charge is -2.14. The molecule has 21 heavy (non-hydrogen) atoms. The zero-order chi connectivity index (χ0) is 14.8. The van der Waals surface area contributed by atoms with Crippen molar-refractivity contribution in [3.8, 4) is 0 Å². The molecule has 1 fully saturated rings. The molecule has 1 aliphatic carbocycles. The summed E-state index contributed by atoms with van der Waals surface area (Å²) in [5.74, 6) is 0.149. The van der Waals surface area contributed by atoms with Crippen molar-refractivity contribution in [2.45, 2.75) is 31.7 Å². The van der Waals surface area contributed by atoms with Crippen LogP contribution in [0.1, 0.15) is 37.4 Å². The van der Waals surface area contributed by atoms with Crippen LogP contribution in [0.3, 0.4) is 0 Å². The first-order chi connectivity index (χ1) is 10.1. The minimum absolute atomic E-state index is 0.270. The number of anilines is 1. The molecule has 3 rings (SSSR count). The second kappa shape index (κ2) is 5.47. The highest BCUT2D eigenvalue weighted by Gasteiger charge is 2.27. The molecule has 6 nitrogen and oxygen atoms in total. The lowest BCUT2D eigenvalue weighted by Crippen LogP contribution is -2.33. The predicted octanol–water partition coefficient (Wildman–Crippen LogP) is 1.72. The molecule has 108 valence electrons. The molecule has 2 heterocycles. The van der Waals surface area contributed by atoms with Gasteiger partial charge in [0.25, 0.3) is 5.56 Å². The number of nitrogens with zero attached hydrogens (tertiary/aromatic N) is 3. The Morgan fingerprint density at radius 2 is 2.19 bits per heavy atom. The largest absolute Gasteiger partial charge is 0.323 e. The first kappa shape index (κ1) is 13.5. The van der Waals surface area contributed by atoms with Crippen molar-refractivity contribution in [1.29, 1.82) is 0 Å². The molecule has 0 aliphatic heterocycles. The van der Waals surface area contributed by atoms with Gasteiger partial charge in [0.2, 0.25) is 5.91 Å². The molecule has 0 spiro atoms. The van der Waals surface area contributed by atoms with E-state index in [4.69, 9.17) is 0 Å². The second-order valence-corrected chi connectivity index (χ2v) is 5.22. The maximum Gasteiger partial charge on any atom is 0.267 e. The van der Waals surface area contributed by atoms with Crippen molar-refractivity contribution in [1.82, 2.24) is 14.8 Å². The third-order valence-corrected chi connectivity index (χ3v) is 3.52. The SMILES string of the molecule is CC(C(=O)Nc1cccnc1)n1nc(C2CC2)ccc1=O. The first-order valence-electron chi connectivity index (χ1n) is 6.96. The van der Waals surface area contributed by atoms with E-state index in [1.165, 1.54) is 10.7 Å². The number of carbonyl (C=O) groups is 1. The Morgan fingerprint density at radius 1 is 1.38 bits per heavy atom. The zero-order valence-electron chi connectivity index (χ0n) is 11.7. The minimum Gasteiger partial charge on any atom is -0.323 e. The fraction of sp³-hybridized carbons (Fsp3) is 0.333. The highest BCUT2D eigenvalue weighted by molar-refractivity contribution is 5.93. The van der Waals surface area contributed by atoms with E-state index < -0.39 is 6.04 Å².